The monoisotopic (exact) mass is 311 g/mol. The summed E-state index contributed by atoms with van der Waals surface area (Å²) in [5, 5.41) is 12.4. The van der Waals surface area contributed by atoms with Crippen LogP contribution >= 0.6 is 0 Å². The van der Waals surface area contributed by atoms with Gasteiger partial charge in [0.25, 0.3) is 0 Å². The number of carbonyl (C=O) groups is 1. The van der Waals surface area contributed by atoms with Crippen LogP contribution in [-0.2, 0) is 11.3 Å². The maximum absolute atomic E-state index is 12.8. The number of hydrogen-bond donors (Lipinski definition) is 2. The fraction of sp³-hybridized carbons (Fsp3) is 0.0588. The molecule has 23 heavy (non-hydrogen) atoms. The van der Waals surface area contributed by atoms with Crippen LogP contribution in [0.1, 0.15) is 11.3 Å². The lowest BCUT2D eigenvalue weighted by Gasteiger charge is -1.98. The highest BCUT2D eigenvalue weighted by Gasteiger charge is 2.05. The zero-order valence-corrected chi connectivity index (χ0v) is 12.1. The standard InChI is InChI=1S/C17H14FN3O2/c18-13-6-3-12(4-7-13)5-8-16(23)19-10-14-11-21-9-1-2-15(22)17(21)20-14/h1-9,11,22H,10H2,(H,19,23)/b8-5+. The Balaban J connectivity index is 1.61. The van der Waals surface area contributed by atoms with Gasteiger partial charge in [0, 0.05) is 18.5 Å². The van der Waals surface area contributed by atoms with Crippen LogP contribution in [0.4, 0.5) is 4.39 Å². The van der Waals surface area contributed by atoms with Crippen LogP contribution < -0.4 is 5.32 Å². The molecule has 2 aromatic heterocycles. The third-order valence-electron chi connectivity index (χ3n) is 3.25. The first kappa shape index (κ1) is 14.8. The van der Waals surface area contributed by atoms with Crippen LogP contribution in [0.25, 0.3) is 11.7 Å². The molecule has 0 aliphatic carbocycles. The topological polar surface area (TPSA) is 66.6 Å². The molecule has 1 amide bonds. The van der Waals surface area contributed by atoms with Crippen molar-refractivity contribution in [2.24, 2.45) is 0 Å². The number of imidazole rings is 1. The van der Waals surface area contributed by atoms with Crippen LogP contribution in [0, 0.1) is 5.82 Å². The molecule has 2 heterocycles. The van der Waals surface area contributed by atoms with Gasteiger partial charge in [-0.15, -0.1) is 0 Å². The summed E-state index contributed by atoms with van der Waals surface area (Å²) in [5.41, 5.74) is 1.81. The first-order valence-electron chi connectivity index (χ1n) is 6.99. The molecule has 0 spiro atoms. The summed E-state index contributed by atoms with van der Waals surface area (Å²) >= 11 is 0. The Morgan fingerprint density at radius 3 is 2.83 bits per heavy atom. The number of carbonyl (C=O) groups excluding carboxylic acids is 1. The van der Waals surface area contributed by atoms with Crippen molar-refractivity contribution in [1.82, 2.24) is 14.7 Å². The molecule has 116 valence electrons. The number of aromatic hydroxyl groups is 1. The van der Waals surface area contributed by atoms with Gasteiger partial charge in [0.2, 0.25) is 5.91 Å². The van der Waals surface area contributed by atoms with E-state index in [-0.39, 0.29) is 24.0 Å². The van der Waals surface area contributed by atoms with E-state index in [2.05, 4.69) is 10.3 Å². The number of nitrogens with one attached hydrogen (secondary N) is 1. The van der Waals surface area contributed by atoms with E-state index < -0.39 is 0 Å². The third kappa shape index (κ3) is 3.55. The minimum atomic E-state index is -0.318. The molecule has 2 N–H and O–H groups in total. The van der Waals surface area contributed by atoms with Crippen LogP contribution in [-0.4, -0.2) is 20.4 Å². The fourth-order valence-electron chi connectivity index (χ4n) is 2.12. The van der Waals surface area contributed by atoms with Gasteiger partial charge in [-0.1, -0.05) is 12.1 Å². The van der Waals surface area contributed by atoms with Gasteiger partial charge in [-0.05, 0) is 35.9 Å². The first-order chi connectivity index (χ1) is 11.1. The molecule has 0 bridgehead atoms. The average Bonchev–Trinajstić information content (AvgIpc) is 2.97. The summed E-state index contributed by atoms with van der Waals surface area (Å²) in [6, 6.07) is 9.10. The molecule has 3 rings (SSSR count). The number of hydrogen-bond acceptors (Lipinski definition) is 3. The number of nitrogens with zero attached hydrogens (tertiary/aromatic N) is 2. The number of fused-ring (bicyclic) bond motifs is 1. The Morgan fingerprint density at radius 2 is 2.09 bits per heavy atom. The van der Waals surface area contributed by atoms with E-state index in [0.29, 0.717) is 11.3 Å². The summed E-state index contributed by atoms with van der Waals surface area (Å²) in [4.78, 5) is 16.0. The average molecular weight is 311 g/mol. The van der Waals surface area contributed by atoms with Crippen molar-refractivity contribution in [3.63, 3.8) is 0 Å². The van der Waals surface area contributed by atoms with E-state index in [4.69, 9.17) is 0 Å². The van der Waals surface area contributed by atoms with Gasteiger partial charge in [0.05, 0.1) is 12.2 Å². The molecule has 3 aromatic rings. The normalized spacial score (nSPS) is 11.2. The van der Waals surface area contributed by atoms with E-state index in [1.807, 2.05) is 0 Å². The fourth-order valence-corrected chi connectivity index (χ4v) is 2.12. The molecule has 6 heteroatoms. The van der Waals surface area contributed by atoms with E-state index in [9.17, 15) is 14.3 Å². The van der Waals surface area contributed by atoms with Crippen molar-refractivity contribution in [2.75, 3.05) is 0 Å². The van der Waals surface area contributed by atoms with Gasteiger partial charge in [-0.2, -0.15) is 0 Å². The smallest absolute Gasteiger partial charge is 0.244 e. The lowest BCUT2D eigenvalue weighted by molar-refractivity contribution is -0.116. The summed E-state index contributed by atoms with van der Waals surface area (Å²) in [5.74, 6) is -0.515. The highest BCUT2D eigenvalue weighted by molar-refractivity contribution is 5.91. The van der Waals surface area contributed by atoms with Crippen molar-refractivity contribution in [3.8, 4) is 5.75 Å². The third-order valence-corrected chi connectivity index (χ3v) is 3.25. The molecule has 0 radical (unpaired) electrons. The minimum absolute atomic E-state index is 0.0845. The maximum atomic E-state index is 12.8. The Bertz CT molecular complexity index is 869. The summed E-state index contributed by atoms with van der Waals surface area (Å²) in [6.45, 7) is 0.244. The van der Waals surface area contributed by atoms with Crippen molar-refractivity contribution in [3.05, 3.63) is 71.9 Å². The molecular formula is C17H14FN3O2. The van der Waals surface area contributed by atoms with Gasteiger partial charge in [-0.25, -0.2) is 9.37 Å². The predicted molar refractivity (Wildman–Crippen MR) is 84.1 cm³/mol. The zero-order valence-electron chi connectivity index (χ0n) is 12.1. The van der Waals surface area contributed by atoms with Gasteiger partial charge < -0.3 is 14.8 Å². The van der Waals surface area contributed by atoms with Gasteiger partial charge >= 0.3 is 0 Å². The molecule has 5 nitrogen and oxygen atoms in total. The largest absolute Gasteiger partial charge is 0.504 e. The Morgan fingerprint density at radius 1 is 1.30 bits per heavy atom. The summed E-state index contributed by atoms with van der Waals surface area (Å²) < 4.78 is 14.5. The van der Waals surface area contributed by atoms with Crippen molar-refractivity contribution >= 4 is 17.6 Å². The van der Waals surface area contributed by atoms with Crippen molar-refractivity contribution < 1.29 is 14.3 Å². The maximum Gasteiger partial charge on any atom is 0.244 e. The van der Waals surface area contributed by atoms with Crippen molar-refractivity contribution in [2.45, 2.75) is 6.54 Å². The Hall–Kier alpha value is -3.15. The van der Waals surface area contributed by atoms with E-state index in [1.54, 1.807) is 47.1 Å². The first-order valence-corrected chi connectivity index (χ1v) is 6.99. The van der Waals surface area contributed by atoms with Crippen LogP contribution in [0.5, 0.6) is 5.75 Å². The number of rotatable bonds is 4. The molecule has 0 saturated heterocycles. The second-order valence-electron chi connectivity index (χ2n) is 4.96. The Kier molecular flexibility index (Phi) is 4.05. The van der Waals surface area contributed by atoms with Crippen LogP contribution in [0.15, 0.2) is 54.9 Å². The number of halogens is 1. The predicted octanol–water partition coefficient (Wildman–Crippen LogP) is 2.51. The Labute approximate surface area is 131 Å². The molecule has 0 fully saturated rings. The number of aromatic nitrogens is 2. The lowest BCUT2D eigenvalue weighted by Crippen LogP contribution is -2.20. The van der Waals surface area contributed by atoms with Gasteiger partial charge in [-0.3, -0.25) is 4.79 Å². The molecule has 0 unspecified atom stereocenters. The highest BCUT2D eigenvalue weighted by atomic mass is 19.1. The van der Waals surface area contributed by atoms with Crippen LogP contribution in [0.3, 0.4) is 0 Å². The quantitative estimate of drug-likeness (QED) is 0.728. The van der Waals surface area contributed by atoms with Gasteiger partial charge in [0.15, 0.2) is 11.4 Å². The molecule has 1 aromatic carbocycles. The number of pyridine rings is 1. The highest BCUT2D eigenvalue weighted by Crippen LogP contribution is 2.16. The lowest BCUT2D eigenvalue weighted by atomic mass is 10.2. The molecule has 0 aliphatic heterocycles. The second-order valence-corrected chi connectivity index (χ2v) is 4.96. The molecule has 0 atom stereocenters. The molecule has 0 saturated carbocycles. The molecule has 0 aliphatic rings. The summed E-state index contributed by atoms with van der Waals surface area (Å²) in [7, 11) is 0. The van der Waals surface area contributed by atoms with Crippen LogP contribution in [0.2, 0.25) is 0 Å². The summed E-state index contributed by atoms with van der Waals surface area (Å²) in [6.07, 6.45) is 6.48. The SMILES string of the molecule is O=C(/C=C/c1ccc(F)cc1)NCc1cn2cccc(O)c2n1. The molecular weight excluding hydrogens is 297 g/mol. The van der Waals surface area contributed by atoms with Gasteiger partial charge in [0.1, 0.15) is 5.82 Å². The minimum Gasteiger partial charge on any atom is -0.504 e. The number of amides is 1. The van der Waals surface area contributed by atoms with Crippen molar-refractivity contribution in [1.29, 1.82) is 0 Å². The zero-order chi connectivity index (χ0) is 16.2. The van der Waals surface area contributed by atoms with E-state index >= 15 is 0 Å². The van der Waals surface area contributed by atoms with E-state index in [0.717, 1.165) is 5.56 Å². The van der Waals surface area contributed by atoms with E-state index in [1.165, 1.54) is 18.2 Å². The second kappa shape index (κ2) is 6.31. The number of benzene rings is 1.